The number of esters is 1. The highest BCUT2D eigenvalue weighted by Gasteiger charge is 2.18. The Morgan fingerprint density at radius 3 is 2.13 bits per heavy atom. The molecular weight excluding hydrogens is 294 g/mol. The average Bonchev–Trinajstić information content (AvgIpc) is 2.53. The summed E-state index contributed by atoms with van der Waals surface area (Å²) in [5, 5.41) is 16.2. The molecule has 4 aromatic carbocycles. The molecule has 0 spiro atoms. The number of non-ortho nitro benzene ring substituents is 1. The summed E-state index contributed by atoms with van der Waals surface area (Å²) in [7, 11) is 0. The Hall–Kier alpha value is -3.21. The minimum Gasteiger partial charge on any atom is -0.426 e. The van der Waals surface area contributed by atoms with E-state index in [0.717, 1.165) is 26.9 Å². The molecule has 0 saturated heterocycles. The van der Waals surface area contributed by atoms with Crippen LogP contribution < -0.4 is 4.74 Å². The molecule has 0 fully saturated rings. The topological polar surface area (TPSA) is 69.4 Å². The van der Waals surface area contributed by atoms with E-state index in [1.807, 2.05) is 18.2 Å². The first-order chi connectivity index (χ1) is 11.1. The summed E-state index contributed by atoms with van der Waals surface area (Å²) in [4.78, 5) is 22.2. The van der Waals surface area contributed by atoms with Crippen molar-refractivity contribution in [2.75, 3.05) is 0 Å². The molecule has 0 aliphatic rings. The lowest BCUT2D eigenvalue weighted by atomic mass is 9.93. The summed E-state index contributed by atoms with van der Waals surface area (Å²) in [5.74, 6) is 0.0666. The Morgan fingerprint density at radius 2 is 1.48 bits per heavy atom. The fraction of sp³-hybridized carbons (Fsp3) is 0.0556. The van der Waals surface area contributed by atoms with Crippen molar-refractivity contribution in [1.82, 2.24) is 0 Å². The zero-order chi connectivity index (χ0) is 16.1. The van der Waals surface area contributed by atoms with Gasteiger partial charge in [-0.05, 0) is 35.0 Å². The molecule has 5 nitrogen and oxygen atoms in total. The molecule has 4 rings (SSSR count). The van der Waals surface area contributed by atoms with Crippen LogP contribution in [0.25, 0.3) is 32.3 Å². The third-order valence-electron chi connectivity index (χ3n) is 4.05. The van der Waals surface area contributed by atoms with E-state index in [1.165, 1.54) is 13.0 Å². The molecule has 4 aromatic rings. The number of nitrogens with zero attached hydrogens (tertiary/aromatic N) is 1. The fourth-order valence-corrected chi connectivity index (χ4v) is 3.16. The van der Waals surface area contributed by atoms with Crippen molar-refractivity contribution in [3.63, 3.8) is 0 Å². The molecule has 112 valence electrons. The maximum atomic E-state index is 11.3. The normalized spacial score (nSPS) is 11.3. The van der Waals surface area contributed by atoms with Crippen molar-refractivity contribution in [3.8, 4) is 5.75 Å². The van der Waals surface area contributed by atoms with Gasteiger partial charge in [0.2, 0.25) is 0 Å². The predicted octanol–water partition coefficient (Wildman–Crippen LogP) is 4.42. The lowest BCUT2D eigenvalue weighted by molar-refractivity contribution is -0.383. The van der Waals surface area contributed by atoms with Crippen LogP contribution in [0.15, 0.2) is 48.5 Å². The van der Waals surface area contributed by atoms with Gasteiger partial charge < -0.3 is 4.74 Å². The Bertz CT molecular complexity index is 1100. The van der Waals surface area contributed by atoms with Crippen LogP contribution >= 0.6 is 0 Å². The standard InChI is InChI=1S/C18H11NO4/c1-10(20)23-16-9-5-12-3-2-11-4-8-15(19(21)22)13-6-7-14(16)18(12)17(11)13/h2-9H,1H3. The maximum absolute atomic E-state index is 11.3. The van der Waals surface area contributed by atoms with Gasteiger partial charge in [0, 0.05) is 29.1 Å². The molecule has 23 heavy (non-hydrogen) atoms. The summed E-state index contributed by atoms with van der Waals surface area (Å²) >= 11 is 0. The fourth-order valence-electron chi connectivity index (χ4n) is 3.16. The third kappa shape index (κ3) is 1.90. The van der Waals surface area contributed by atoms with Gasteiger partial charge in [-0.1, -0.05) is 18.2 Å². The van der Waals surface area contributed by atoms with Gasteiger partial charge in [0.25, 0.3) is 5.69 Å². The Labute approximate surface area is 130 Å². The van der Waals surface area contributed by atoms with Crippen molar-refractivity contribution in [1.29, 1.82) is 0 Å². The van der Waals surface area contributed by atoms with Crippen LogP contribution in [0.5, 0.6) is 5.75 Å². The van der Waals surface area contributed by atoms with Gasteiger partial charge >= 0.3 is 5.97 Å². The second-order valence-corrected chi connectivity index (χ2v) is 5.42. The van der Waals surface area contributed by atoms with E-state index in [1.54, 1.807) is 24.3 Å². The van der Waals surface area contributed by atoms with Crippen LogP contribution in [0.4, 0.5) is 5.69 Å². The minimum atomic E-state index is -0.397. The summed E-state index contributed by atoms with van der Waals surface area (Å²) < 4.78 is 5.28. The first-order valence-electron chi connectivity index (χ1n) is 7.09. The summed E-state index contributed by atoms with van der Waals surface area (Å²) in [5.41, 5.74) is 0.0739. The predicted molar refractivity (Wildman–Crippen MR) is 88.1 cm³/mol. The number of nitro benzene ring substituents is 1. The second kappa shape index (κ2) is 4.64. The molecule has 0 N–H and O–H groups in total. The quantitative estimate of drug-likeness (QED) is 0.181. The first-order valence-corrected chi connectivity index (χ1v) is 7.09. The number of hydrogen-bond acceptors (Lipinski definition) is 4. The Kier molecular flexibility index (Phi) is 2.72. The molecule has 0 aliphatic carbocycles. The summed E-state index contributed by atoms with van der Waals surface area (Å²) in [6, 6.07) is 14.3. The third-order valence-corrected chi connectivity index (χ3v) is 4.05. The molecule has 0 bridgehead atoms. The van der Waals surface area contributed by atoms with Crippen molar-refractivity contribution < 1.29 is 14.5 Å². The molecule has 0 heterocycles. The molecule has 0 amide bonds. The van der Waals surface area contributed by atoms with Crippen LogP contribution in [0, 0.1) is 10.1 Å². The van der Waals surface area contributed by atoms with E-state index in [4.69, 9.17) is 4.74 Å². The highest BCUT2D eigenvalue weighted by molar-refractivity contribution is 6.25. The van der Waals surface area contributed by atoms with Crippen LogP contribution in [0.2, 0.25) is 0 Å². The van der Waals surface area contributed by atoms with Crippen LogP contribution in [-0.4, -0.2) is 10.9 Å². The zero-order valence-corrected chi connectivity index (χ0v) is 12.2. The Balaban J connectivity index is 2.22. The maximum Gasteiger partial charge on any atom is 0.308 e. The molecule has 0 atom stereocenters. The van der Waals surface area contributed by atoms with Gasteiger partial charge in [-0.15, -0.1) is 0 Å². The molecule has 5 heteroatoms. The average molecular weight is 305 g/mol. The summed E-state index contributed by atoms with van der Waals surface area (Å²) in [6.07, 6.45) is 0. The molecule has 0 saturated carbocycles. The Morgan fingerprint density at radius 1 is 0.913 bits per heavy atom. The van der Waals surface area contributed by atoms with Gasteiger partial charge in [-0.3, -0.25) is 14.9 Å². The van der Waals surface area contributed by atoms with Crippen molar-refractivity contribution >= 4 is 44.0 Å². The van der Waals surface area contributed by atoms with Gasteiger partial charge in [0.05, 0.1) is 10.3 Å². The van der Waals surface area contributed by atoms with Crippen molar-refractivity contribution in [3.05, 3.63) is 58.6 Å². The molecule has 0 radical (unpaired) electrons. The van der Waals surface area contributed by atoms with Gasteiger partial charge in [-0.25, -0.2) is 0 Å². The van der Waals surface area contributed by atoms with E-state index in [2.05, 4.69) is 0 Å². The second-order valence-electron chi connectivity index (χ2n) is 5.42. The highest BCUT2D eigenvalue weighted by atomic mass is 16.6. The van der Waals surface area contributed by atoms with Gasteiger partial charge in [-0.2, -0.15) is 0 Å². The van der Waals surface area contributed by atoms with E-state index in [9.17, 15) is 14.9 Å². The molecular formula is C18H11NO4. The molecule has 0 unspecified atom stereocenters. The van der Waals surface area contributed by atoms with E-state index in [0.29, 0.717) is 11.1 Å². The number of carbonyl (C=O) groups is 1. The number of rotatable bonds is 2. The van der Waals surface area contributed by atoms with Crippen molar-refractivity contribution in [2.24, 2.45) is 0 Å². The van der Waals surface area contributed by atoms with E-state index >= 15 is 0 Å². The number of carbonyl (C=O) groups excluding carboxylic acids is 1. The number of hydrogen-bond donors (Lipinski definition) is 0. The van der Waals surface area contributed by atoms with Crippen LogP contribution in [0.3, 0.4) is 0 Å². The SMILES string of the molecule is CC(=O)Oc1ccc2ccc3ccc([N+](=O)[O-])c4ccc1c2c34. The van der Waals surface area contributed by atoms with Gasteiger partial charge in [0.1, 0.15) is 5.75 Å². The van der Waals surface area contributed by atoms with Crippen LogP contribution in [0.1, 0.15) is 6.92 Å². The van der Waals surface area contributed by atoms with Crippen molar-refractivity contribution in [2.45, 2.75) is 6.92 Å². The minimum absolute atomic E-state index is 0.0739. The van der Waals surface area contributed by atoms with Crippen LogP contribution in [-0.2, 0) is 4.79 Å². The number of benzene rings is 4. The highest BCUT2D eigenvalue weighted by Crippen LogP contribution is 2.41. The smallest absolute Gasteiger partial charge is 0.308 e. The van der Waals surface area contributed by atoms with E-state index < -0.39 is 5.97 Å². The zero-order valence-electron chi connectivity index (χ0n) is 12.2. The molecule has 0 aromatic heterocycles. The summed E-state index contributed by atoms with van der Waals surface area (Å²) in [6.45, 7) is 1.35. The monoisotopic (exact) mass is 305 g/mol. The first kappa shape index (κ1) is 13.5. The molecule has 0 aliphatic heterocycles. The lowest BCUT2D eigenvalue weighted by Crippen LogP contribution is -2.02. The van der Waals surface area contributed by atoms with Gasteiger partial charge in [0.15, 0.2) is 0 Å². The van der Waals surface area contributed by atoms with E-state index in [-0.39, 0.29) is 10.6 Å². The number of nitro groups is 1. The lowest BCUT2D eigenvalue weighted by Gasteiger charge is -2.13. The number of ether oxygens (including phenoxy) is 1. The largest absolute Gasteiger partial charge is 0.426 e.